The van der Waals surface area contributed by atoms with E-state index in [0.29, 0.717) is 15.3 Å². The number of rotatable bonds is 4. The summed E-state index contributed by atoms with van der Waals surface area (Å²) in [5.74, 6) is 0.750. The van der Waals surface area contributed by atoms with Crippen LogP contribution in [-0.2, 0) is 0 Å². The lowest BCUT2D eigenvalue weighted by molar-refractivity contribution is 0.453. The fraction of sp³-hybridized carbons (Fsp3) is 0.231. The third kappa shape index (κ3) is 3.01. The summed E-state index contributed by atoms with van der Waals surface area (Å²) in [6, 6.07) is 8.99. The van der Waals surface area contributed by atoms with Crippen LogP contribution in [0.1, 0.15) is 24.3 Å². The highest BCUT2D eigenvalue weighted by molar-refractivity contribution is 6.42. The minimum atomic E-state index is -0.0859. The molecule has 0 aliphatic rings. The number of benzene rings is 1. The summed E-state index contributed by atoms with van der Waals surface area (Å²) in [5, 5.41) is 4.75. The van der Waals surface area contributed by atoms with Crippen LogP contribution in [0.15, 0.2) is 34.7 Å². The molecule has 2 rings (SSSR count). The van der Waals surface area contributed by atoms with Gasteiger partial charge < -0.3 is 9.73 Å². The first-order valence-electron chi connectivity index (χ1n) is 5.55. The molecule has 1 atom stereocenters. The summed E-state index contributed by atoms with van der Waals surface area (Å²) in [4.78, 5) is 0. The Kier molecular flexibility index (Phi) is 4.57. The van der Waals surface area contributed by atoms with E-state index in [1.807, 2.05) is 25.1 Å². The van der Waals surface area contributed by atoms with Crippen molar-refractivity contribution in [2.75, 3.05) is 6.54 Å². The van der Waals surface area contributed by atoms with Crippen LogP contribution in [0.2, 0.25) is 15.3 Å². The largest absolute Gasteiger partial charge is 0.448 e. The van der Waals surface area contributed by atoms with Gasteiger partial charge in [-0.2, -0.15) is 0 Å². The lowest BCUT2D eigenvalue weighted by Crippen LogP contribution is -2.21. The van der Waals surface area contributed by atoms with Crippen molar-refractivity contribution in [3.8, 4) is 0 Å². The number of halogens is 3. The Bertz CT molecular complexity index is 539. The fourth-order valence-corrected chi connectivity index (χ4v) is 2.22. The SMILES string of the molecule is CCNC(c1ccc(Cl)c(Cl)c1)c1ccc(Cl)o1. The van der Waals surface area contributed by atoms with Crippen molar-refractivity contribution < 1.29 is 4.42 Å². The van der Waals surface area contributed by atoms with Gasteiger partial charge in [0.05, 0.1) is 16.1 Å². The van der Waals surface area contributed by atoms with Gasteiger partial charge in [0.15, 0.2) is 5.22 Å². The van der Waals surface area contributed by atoms with Gasteiger partial charge in [-0.15, -0.1) is 0 Å². The second-order valence-corrected chi connectivity index (χ2v) is 4.99. The average Bonchev–Trinajstić information content (AvgIpc) is 2.76. The molecular formula is C13H12Cl3NO. The number of hydrogen-bond acceptors (Lipinski definition) is 2. The van der Waals surface area contributed by atoms with E-state index in [1.165, 1.54) is 0 Å². The molecule has 0 fully saturated rings. The first-order valence-corrected chi connectivity index (χ1v) is 6.68. The van der Waals surface area contributed by atoms with E-state index in [2.05, 4.69) is 5.32 Å². The zero-order valence-electron chi connectivity index (χ0n) is 9.71. The Balaban J connectivity index is 2.37. The van der Waals surface area contributed by atoms with Gasteiger partial charge in [-0.1, -0.05) is 36.2 Å². The van der Waals surface area contributed by atoms with Crippen LogP contribution in [0, 0.1) is 0 Å². The molecule has 1 aromatic carbocycles. The molecule has 0 bridgehead atoms. The molecule has 1 unspecified atom stereocenters. The van der Waals surface area contributed by atoms with Crippen LogP contribution in [0.4, 0.5) is 0 Å². The minimum absolute atomic E-state index is 0.0859. The highest BCUT2D eigenvalue weighted by Crippen LogP contribution is 2.30. The molecule has 96 valence electrons. The molecule has 0 spiro atoms. The van der Waals surface area contributed by atoms with E-state index in [1.54, 1.807) is 12.1 Å². The normalized spacial score (nSPS) is 12.7. The predicted molar refractivity (Wildman–Crippen MR) is 75.7 cm³/mol. The Morgan fingerprint density at radius 2 is 1.89 bits per heavy atom. The maximum atomic E-state index is 6.03. The van der Waals surface area contributed by atoms with E-state index >= 15 is 0 Å². The van der Waals surface area contributed by atoms with Crippen molar-refractivity contribution in [1.29, 1.82) is 0 Å². The quantitative estimate of drug-likeness (QED) is 0.865. The Morgan fingerprint density at radius 1 is 1.11 bits per heavy atom. The average molecular weight is 305 g/mol. The molecule has 1 N–H and O–H groups in total. The van der Waals surface area contributed by atoms with E-state index < -0.39 is 0 Å². The summed E-state index contributed by atoms with van der Waals surface area (Å²) >= 11 is 17.8. The van der Waals surface area contributed by atoms with Crippen LogP contribution in [0.3, 0.4) is 0 Å². The summed E-state index contributed by atoms with van der Waals surface area (Å²) in [6.45, 7) is 2.82. The van der Waals surface area contributed by atoms with Crippen LogP contribution < -0.4 is 5.32 Å². The van der Waals surface area contributed by atoms with E-state index in [-0.39, 0.29) is 6.04 Å². The molecule has 18 heavy (non-hydrogen) atoms. The molecule has 0 saturated carbocycles. The zero-order valence-corrected chi connectivity index (χ0v) is 12.0. The lowest BCUT2D eigenvalue weighted by atomic mass is 10.0. The van der Waals surface area contributed by atoms with Crippen LogP contribution in [0.25, 0.3) is 0 Å². The first kappa shape index (κ1) is 13.8. The summed E-state index contributed by atoms with van der Waals surface area (Å²) in [6.07, 6.45) is 0. The van der Waals surface area contributed by atoms with Gasteiger partial charge in [-0.05, 0) is 48.0 Å². The fourth-order valence-electron chi connectivity index (χ4n) is 1.76. The molecule has 2 nitrogen and oxygen atoms in total. The lowest BCUT2D eigenvalue weighted by Gasteiger charge is -2.16. The van der Waals surface area contributed by atoms with Crippen molar-refractivity contribution in [2.24, 2.45) is 0 Å². The smallest absolute Gasteiger partial charge is 0.193 e. The first-order chi connectivity index (χ1) is 8.61. The maximum Gasteiger partial charge on any atom is 0.193 e. The van der Waals surface area contributed by atoms with Gasteiger partial charge in [0.2, 0.25) is 0 Å². The predicted octanol–water partition coefficient (Wildman–Crippen LogP) is 4.94. The molecule has 1 heterocycles. The van der Waals surface area contributed by atoms with Crippen molar-refractivity contribution in [1.82, 2.24) is 5.32 Å². The molecule has 0 radical (unpaired) electrons. The van der Waals surface area contributed by atoms with Crippen molar-refractivity contribution in [3.05, 3.63) is 56.9 Å². The summed E-state index contributed by atoms with van der Waals surface area (Å²) < 4.78 is 5.45. The second kappa shape index (κ2) is 5.98. The van der Waals surface area contributed by atoms with Crippen LogP contribution in [-0.4, -0.2) is 6.54 Å². The monoisotopic (exact) mass is 303 g/mol. The van der Waals surface area contributed by atoms with E-state index in [9.17, 15) is 0 Å². The highest BCUT2D eigenvalue weighted by Gasteiger charge is 2.17. The Hall–Kier alpha value is -0.670. The van der Waals surface area contributed by atoms with E-state index in [0.717, 1.165) is 17.9 Å². The maximum absolute atomic E-state index is 6.03. The van der Waals surface area contributed by atoms with Gasteiger partial charge in [-0.3, -0.25) is 0 Å². The Morgan fingerprint density at radius 3 is 2.44 bits per heavy atom. The van der Waals surface area contributed by atoms with E-state index in [4.69, 9.17) is 39.2 Å². The van der Waals surface area contributed by atoms with Crippen molar-refractivity contribution in [3.63, 3.8) is 0 Å². The highest BCUT2D eigenvalue weighted by atomic mass is 35.5. The standard InChI is InChI=1S/C13H12Cl3NO/c1-2-17-13(11-5-6-12(16)18-11)8-3-4-9(14)10(15)7-8/h3-7,13,17H,2H2,1H3. The molecule has 0 aliphatic carbocycles. The molecule has 0 saturated heterocycles. The van der Waals surface area contributed by atoms with Gasteiger partial charge in [0, 0.05) is 0 Å². The summed E-state index contributed by atoms with van der Waals surface area (Å²) in [7, 11) is 0. The minimum Gasteiger partial charge on any atom is -0.448 e. The third-order valence-electron chi connectivity index (χ3n) is 2.56. The van der Waals surface area contributed by atoms with Gasteiger partial charge in [0.1, 0.15) is 5.76 Å². The van der Waals surface area contributed by atoms with Gasteiger partial charge in [-0.25, -0.2) is 0 Å². The zero-order chi connectivity index (χ0) is 13.1. The van der Waals surface area contributed by atoms with Crippen LogP contribution >= 0.6 is 34.8 Å². The molecule has 0 amide bonds. The Labute approximate surface area is 121 Å². The third-order valence-corrected chi connectivity index (χ3v) is 3.51. The number of hydrogen-bond donors (Lipinski definition) is 1. The number of nitrogens with one attached hydrogen (secondary N) is 1. The molecular weight excluding hydrogens is 293 g/mol. The van der Waals surface area contributed by atoms with Crippen molar-refractivity contribution in [2.45, 2.75) is 13.0 Å². The van der Waals surface area contributed by atoms with Crippen molar-refractivity contribution >= 4 is 34.8 Å². The molecule has 2 aromatic rings. The molecule has 1 aromatic heterocycles. The van der Waals surface area contributed by atoms with Crippen LogP contribution in [0.5, 0.6) is 0 Å². The summed E-state index contributed by atoms with van der Waals surface area (Å²) in [5.41, 5.74) is 0.984. The number of furan rings is 1. The topological polar surface area (TPSA) is 25.2 Å². The second-order valence-electron chi connectivity index (χ2n) is 3.81. The molecule has 5 heteroatoms. The van der Waals surface area contributed by atoms with Gasteiger partial charge in [0.25, 0.3) is 0 Å². The molecule has 0 aliphatic heterocycles. The van der Waals surface area contributed by atoms with Gasteiger partial charge >= 0.3 is 0 Å².